The van der Waals surface area contributed by atoms with Crippen LogP contribution in [0.2, 0.25) is 0 Å². The molecule has 0 aromatic heterocycles. The summed E-state index contributed by atoms with van der Waals surface area (Å²) < 4.78 is 38.0. The molecule has 0 N–H and O–H groups in total. The highest BCUT2D eigenvalue weighted by molar-refractivity contribution is 9.10. The highest BCUT2D eigenvalue weighted by Gasteiger charge is 2.57. The van der Waals surface area contributed by atoms with Crippen LogP contribution in [0.5, 0.6) is 0 Å². The highest BCUT2D eigenvalue weighted by Crippen LogP contribution is 2.51. The van der Waals surface area contributed by atoms with E-state index in [2.05, 4.69) is 29.8 Å². The van der Waals surface area contributed by atoms with Crippen molar-refractivity contribution in [2.45, 2.75) is 127 Å². The van der Waals surface area contributed by atoms with E-state index in [4.69, 9.17) is 4.74 Å². The van der Waals surface area contributed by atoms with E-state index in [-0.39, 0.29) is 22.2 Å². The Morgan fingerprint density at radius 2 is 1.50 bits per heavy atom. The number of halogens is 1. The zero-order chi connectivity index (χ0) is 30.9. The summed E-state index contributed by atoms with van der Waals surface area (Å²) in [7, 11) is -3.94. The molecule has 8 heteroatoms. The number of carbonyl (C=O) groups excluding carboxylic acids is 1. The van der Waals surface area contributed by atoms with Crippen molar-refractivity contribution >= 4 is 43.7 Å². The molecule has 1 fully saturated rings. The number of hydrogen-bond donors (Lipinski definition) is 0. The number of unbranched alkanes of at least 4 members (excludes halogenated alkanes) is 6. The summed E-state index contributed by atoms with van der Waals surface area (Å²) in [6, 6.07) is 13.9. The summed E-state index contributed by atoms with van der Waals surface area (Å²) >= 11 is 5.31. The minimum absolute atomic E-state index is 0.211. The maximum absolute atomic E-state index is 14.7. The lowest BCUT2D eigenvalue weighted by molar-refractivity contribution is -0.160. The first kappa shape index (κ1) is 35.1. The fraction of sp³-hybridized carbons (Fsp3) is 0.618. The summed E-state index contributed by atoms with van der Waals surface area (Å²) in [5, 5.41) is -0.211. The van der Waals surface area contributed by atoms with Crippen LogP contribution in [-0.4, -0.2) is 41.3 Å². The summed E-state index contributed by atoms with van der Waals surface area (Å²) in [5.74, 6) is -0.0550. The van der Waals surface area contributed by atoms with E-state index in [1.54, 1.807) is 28.2 Å². The number of benzene rings is 2. The number of carbonyl (C=O) groups is 1. The average molecular weight is 681 g/mol. The minimum Gasteiger partial charge on any atom is -0.460 e. The molecule has 1 heterocycles. The molecule has 0 radical (unpaired) electrons. The number of aryl methyl sites for hydroxylation is 1. The third-order valence-electron chi connectivity index (χ3n) is 7.82. The first-order valence-corrected chi connectivity index (χ1v) is 18.9. The standard InChI is InChI=1S/C34H50BrNO4S2/c1-7-9-11-13-15-29-32(41-24-14-12-10-8-2)30(33(37)40-34(4,5)6)31(26-18-20-27(35)21-19-26)36(29)42(38,39)28-22-16-25(3)17-23-28/h16-23,29-32H,7-15,24H2,1-6H3/t29-,30+,31+,32-/m1/s1. The number of esters is 1. The van der Waals surface area contributed by atoms with Crippen molar-refractivity contribution in [3.8, 4) is 0 Å². The second-order valence-electron chi connectivity index (χ2n) is 12.5. The van der Waals surface area contributed by atoms with Crippen molar-refractivity contribution in [3.05, 3.63) is 64.1 Å². The molecule has 0 spiro atoms. The number of hydrogen-bond acceptors (Lipinski definition) is 5. The zero-order valence-electron chi connectivity index (χ0n) is 26.3. The molecule has 1 aliphatic rings. The highest BCUT2D eigenvalue weighted by atomic mass is 79.9. The van der Waals surface area contributed by atoms with Crippen molar-refractivity contribution in [1.29, 1.82) is 0 Å². The molecule has 0 amide bonds. The van der Waals surface area contributed by atoms with E-state index in [1.165, 1.54) is 6.42 Å². The lowest BCUT2D eigenvalue weighted by Crippen LogP contribution is -2.40. The largest absolute Gasteiger partial charge is 0.460 e. The zero-order valence-corrected chi connectivity index (χ0v) is 29.5. The SMILES string of the molecule is CCCCCCS[C@H]1[C@@H](C(=O)OC(C)(C)C)[C@H](c2ccc(Br)cc2)N(S(=O)(=O)c2ccc(C)cc2)[C@@H]1CCCCCC. The van der Waals surface area contributed by atoms with Gasteiger partial charge in [0.25, 0.3) is 0 Å². The van der Waals surface area contributed by atoms with Crippen LogP contribution in [0.1, 0.15) is 110 Å². The van der Waals surface area contributed by atoms with Gasteiger partial charge in [0.1, 0.15) is 5.60 Å². The first-order chi connectivity index (χ1) is 19.9. The quantitative estimate of drug-likeness (QED) is 0.139. The molecular weight excluding hydrogens is 630 g/mol. The maximum Gasteiger partial charge on any atom is 0.312 e. The Balaban J connectivity index is 2.19. The molecule has 2 aromatic carbocycles. The van der Waals surface area contributed by atoms with Crippen LogP contribution < -0.4 is 0 Å². The fourth-order valence-electron chi connectivity index (χ4n) is 5.77. The molecule has 0 bridgehead atoms. The van der Waals surface area contributed by atoms with Gasteiger partial charge in [-0.05, 0) is 76.1 Å². The van der Waals surface area contributed by atoms with Crippen molar-refractivity contribution < 1.29 is 17.9 Å². The molecule has 0 unspecified atom stereocenters. The van der Waals surface area contributed by atoms with Crippen molar-refractivity contribution in [1.82, 2.24) is 4.31 Å². The number of thioether (sulfide) groups is 1. The minimum atomic E-state index is -3.94. The summed E-state index contributed by atoms with van der Waals surface area (Å²) in [4.78, 5) is 14.4. The monoisotopic (exact) mass is 679 g/mol. The number of ether oxygens (including phenoxy) is 1. The average Bonchev–Trinajstić information content (AvgIpc) is 3.25. The predicted molar refractivity (Wildman–Crippen MR) is 179 cm³/mol. The van der Waals surface area contributed by atoms with E-state index in [1.807, 2.05) is 64.1 Å². The molecule has 1 saturated heterocycles. The fourth-order valence-corrected chi connectivity index (χ4v) is 9.58. The molecule has 0 aliphatic carbocycles. The Kier molecular flexibility index (Phi) is 13.5. The van der Waals surface area contributed by atoms with Gasteiger partial charge >= 0.3 is 5.97 Å². The van der Waals surface area contributed by atoms with E-state index in [0.29, 0.717) is 6.42 Å². The van der Waals surface area contributed by atoms with Gasteiger partial charge < -0.3 is 4.74 Å². The molecule has 4 atom stereocenters. The molecule has 1 aliphatic heterocycles. The normalized spacial score (nSPS) is 21.5. The molecule has 0 saturated carbocycles. The van der Waals surface area contributed by atoms with Crippen LogP contribution in [0.3, 0.4) is 0 Å². The van der Waals surface area contributed by atoms with Gasteiger partial charge in [-0.15, -0.1) is 0 Å². The van der Waals surface area contributed by atoms with E-state index in [9.17, 15) is 13.2 Å². The third-order valence-corrected chi connectivity index (χ3v) is 11.8. The molecule has 2 aromatic rings. The maximum atomic E-state index is 14.7. The van der Waals surface area contributed by atoms with Crippen LogP contribution in [-0.2, 0) is 19.6 Å². The van der Waals surface area contributed by atoms with Crippen LogP contribution >= 0.6 is 27.7 Å². The summed E-state index contributed by atoms with van der Waals surface area (Å²) in [6.45, 7) is 12.0. The van der Waals surface area contributed by atoms with Gasteiger partial charge in [0.2, 0.25) is 10.0 Å². The van der Waals surface area contributed by atoms with E-state index < -0.39 is 27.6 Å². The van der Waals surface area contributed by atoms with Crippen LogP contribution in [0.15, 0.2) is 57.9 Å². The Hall–Kier alpha value is -1.35. The Morgan fingerprint density at radius 3 is 2.07 bits per heavy atom. The predicted octanol–water partition coefficient (Wildman–Crippen LogP) is 9.48. The van der Waals surface area contributed by atoms with Crippen LogP contribution in [0, 0.1) is 12.8 Å². The van der Waals surface area contributed by atoms with Crippen LogP contribution in [0.25, 0.3) is 0 Å². The third kappa shape index (κ3) is 9.33. The Morgan fingerprint density at radius 1 is 0.905 bits per heavy atom. The van der Waals surface area contributed by atoms with Gasteiger partial charge in [-0.1, -0.05) is 105 Å². The van der Waals surface area contributed by atoms with Gasteiger partial charge in [0, 0.05) is 15.8 Å². The summed E-state index contributed by atoms with van der Waals surface area (Å²) in [5.41, 5.74) is 1.14. The Bertz CT molecular complexity index is 1230. The topological polar surface area (TPSA) is 63.7 Å². The van der Waals surface area contributed by atoms with Gasteiger partial charge in [-0.3, -0.25) is 4.79 Å². The van der Waals surface area contributed by atoms with Gasteiger partial charge in [-0.25, -0.2) is 8.42 Å². The molecular formula is C34H50BrNO4S2. The molecule has 234 valence electrons. The first-order valence-electron chi connectivity index (χ1n) is 15.6. The molecule has 5 nitrogen and oxygen atoms in total. The van der Waals surface area contributed by atoms with Gasteiger partial charge in [-0.2, -0.15) is 16.1 Å². The van der Waals surface area contributed by atoms with E-state index >= 15 is 0 Å². The van der Waals surface area contributed by atoms with Crippen molar-refractivity contribution in [2.24, 2.45) is 5.92 Å². The van der Waals surface area contributed by atoms with Crippen molar-refractivity contribution in [2.75, 3.05) is 5.75 Å². The second-order valence-corrected chi connectivity index (χ2v) is 16.6. The number of nitrogens with zero attached hydrogens (tertiary/aromatic N) is 1. The van der Waals surface area contributed by atoms with Gasteiger partial charge in [0.15, 0.2) is 0 Å². The van der Waals surface area contributed by atoms with Crippen LogP contribution in [0.4, 0.5) is 0 Å². The second kappa shape index (κ2) is 16.1. The molecule has 3 rings (SSSR count). The van der Waals surface area contributed by atoms with Gasteiger partial charge in [0.05, 0.1) is 16.9 Å². The van der Waals surface area contributed by atoms with E-state index in [0.717, 1.165) is 66.3 Å². The lowest BCUT2D eigenvalue weighted by atomic mass is 9.92. The smallest absolute Gasteiger partial charge is 0.312 e. The number of sulfonamides is 1. The Labute approximate surface area is 267 Å². The van der Waals surface area contributed by atoms with Crippen molar-refractivity contribution in [3.63, 3.8) is 0 Å². The molecule has 42 heavy (non-hydrogen) atoms. The lowest BCUT2D eigenvalue weighted by Gasteiger charge is -2.31. The summed E-state index contributed by atoms with van der Waals surface area (Å²) in [6.07, 6.45) is 9.40. The number of rotatable bonds is 15.